The smallest absolute Gasteiger partial charge is 0.361 e. The maximum absolute atomic E-state index is 13.4. The van der Waals surface area contributed by atoms with Crippen molar-refractivity contribution in [3.05, 3.63) is 35.8 Å². The standard InChI is InChI=1S/C10H8F4N2.ClH/c11-6-2-1-3-7-8(6)5(4-16-7)9(15)10(12,13)14;/h1-4,9,16H,15H2;1H. The first-order chi connectivity index (χ1) is 7.41. The predicted molar refractivity (Wildman–Crippen MR) is 58.5 cm³/mol. The molecule has 0 fully saturated rings. The molecule has 1 aromatic carbocycles. The van der Waals surface area contributed by atoms with Gasteiger partial charge in [0, 0.05) is 22.7 Å². The van der Waals surface area contributed by atoms with Gasteiger partial charge in [-0.2, -0.15) is 13.2 Å². The predicted octanol–water partition coefficient (Wildman–Crippen LogP) is 3.29. The van der Waals surface area contributed by atoms with Crippen LogP contribution in [0, 0.1) is 5.82 Å². The summed E-state index contributed by atoms with van der Waals surface area (Å²) in [7, 11) is 0. The number of aromatic nitrogens is 1. The molecule has 0 aliphatic carbocycles. The van der Waals surface area contributed by atoms with Gasteiger partial charge < -0.3 is 10.7 Å². The molecule has 3 N–H and O–H groups in total. The number of nitrogens with one attached hydrogen (secondary N) is 1. The maximum Gasteiger partial charge on any atom is 0.407 e. The molecule has 2 rings (SSSR count). The van der Waals surface area contributed by atoms with Crippen molar-refractivity contribution in [3.8, 4) is 0 Å². The van der Waals surface area contributed by atoms with Crippen LogP contribution in [0.1, 0.15) is 11.6 Å². The summed E-state index contributed by atoms with van der Waals surface area (Å²) in [6.45, 7) is 0. The maximum atomic E-state index is 13.4. The number of nitrogens with two attached hydrogens (primary N) is 1. The zero-order valence-corrected chi connectivity index (χ0v) is 9.20. The Morgan fingerprint density at radius 1 is 1.24 bits per heavy atom. The highest BCUT2D eigenvalue weighted by atomic mass is 35.5. The Kier molecular flexibility index (Phi) is 3.68. The summed E-state index contributed by atoms with van der Waals surface area (Å²) in [5, 5.41) is -0.104. The number of hydrogen-bond donors (Lipinski definition) is 2. The first kappa shape index (κ1) is 13.8. The number of fused-ring (bicyclic) bond motifs is 1. The van der Waals surface area contributed by atoms with Gasteiger partial charge in [-0.15, -0.1) is 12.4 Å². The van der Waals surface area contributed by atoms with E-state index >= 15 is 0 Å². The minimum Gasteiger partial charge on any atom is -0.361 e. The Morgan fingerprint density at radius 2 is 1.88 bits per heavy atom. The first-order valence-corrected chi connectivity index (χ1v) is 4.49. The van der Waals surface area contributed by atoms with Gasteiger partial charge in [0.1, 0.15) is 11.9 Å². The third-order valence-electron chi connectivity index (χ3n) is 2.37. The van der Waals surface area contributed by atoms with Crippen molar-refractivity contribution in [2.75, 3.05) is 0 Å². The Morgan fingerprint density at radius 3 is 2.47 bits per heavy atom. The lowest BCUT2D eigenvalue weighted by Gasteiger charge is -2.14. The van der Waals surface area contributed by atoms with Crippen molar-refractivity contribution in [1.82, 2.24) is 4.98 Å². The van der Waals surface area contributed by atoms with Gasteiger partial charge in [0.15, 0.2) is 0 Å². The van der Waals surface area contributed by atoms with Crippen molar-refractivity contribution in [2.45, 2.75) is 12.2 Å². The van der Waals surface area contributed by atoms with Crippen LogP contribution in [0.25, 0.3) is 10.9 Å². The topological polar surface area (TPSA) is 41.8 Å². The number of aromatic amines is 1. The van der Waals surface area contributed by atoms with E-state index in [-0.39, 0.29) is 23.4 Å². The molecule has 2 aromatic rings. The summed E-state index contributed by atoms with van der Waals surface area (Å²) in [6, 6.07) is 1.82. The second-order valence-corrected chi connectivity index (χ2v) is 3.43. The monoisotopic (exact) mass is 268 g/mol. The van der Waals surface area contributed by atoms with Crippen LogP contribution < -0.4 is 5.73 Å². The van der Waals surface area contributed by atoms with E-state index in [1.54, 1.807) is 0 Å². The summed E-state index contributed by atoms with van der Waals surface area (Å²) >= 11 is 0. The number of halogens is 5. The molecule has 0 aliphatic heterocycles. The molecule has 0 saturated heterocycles. The molecule has 17 heavy (non-hydrogen) atoms. The largest absolute Gasteiger partial charge is 0.407 e. The highest BCUT2D eigenvalue weighted by Gasteiger charge is 2.39. The van der Waals surface area contributed by atoms with E-state index in [1.807, 2.05) is 0 Å². The fourth-order valence-electron chi connectivity index (χ4n) is 1.59. The van der Waals surface area contributed by atoms with Gasteiger partial charge in [-0.25, -0.2) is 4.39 Å². The lowest BCUT2D eigenvalue weighted by molar-refractivity contribution is -0.148. The molecule has 0 spiro atoms. The van der Waals surface area contributed by atoms with Gasteiger partial charge in [-0.05, 0) is 12.1 Å². The van der Waals surface area contributed by atoms with Crippen LogP contribution in [0.2, 0.25) is 0 Å². The second-order valence-electron chi connectivity index (χ2n) is 3.43. The van der Waals surface area contributed by atoms with Crippen LogP contribution in [0.5, 0.6) is 0 Å². The van der Waals surface area contributed by atoms with E-state index in [4.69, 9.17) is 5.73 Å². The number of hydrogen-bond acceptors (Lipinski definition) is 1. The van der Waals surface area contributed by atoms with Gasteiger partial charge in [0.25, 0.3) is 0 Å². The molecule has 0 saturated carbocycles. The number of rotatable bonds is 1. The third kappa shape index (κ3) is 2.37. The van der Waals surface area contributed by atoms with Crippen LogP contribution in [-0.2, 0) is 0 Å². The average Bonchev–Trinajstić information content (AvgIpc) is 2.60. The molecule has 2 nitrogen and oxygen atoms in total. The van der Waals surface area contributed by atoms with E-state index < -0.39 is 18.0 Å². The highest BCUT2D eigenvalue weighted by Crippen LogP contribution is 2.35. The van der Waals surface area contributed by atoms with E-state index in [9.17, 15) is 17.6 Å². The normalized spacial score (nSPS) is 13.5. The van der Waals surface area contributed by atoms with Crippen molar-refractivity contribution in [2.24, 2.45) is 5.73 Å². The Balaban J connectivity index is 0.00000144. The lowest BCUT2D eigenvalue weighted by Crippen LogP contribution is -2.28. The average molecular weight is 269 g/mol. The van der Waals surface area contributed by atoms with Gasteiger partial charge in [-0.3, -0.25) is 0 Å². The van der Waals surface area contributed by atoms with Gasteiger partial charge in [0.2, 0.25) is 0 Å². The summed E-state index contributed by atoms with van der Waals surface area (Å²) < 4.78 is 50.6. The van der Waals surface area contributed by atoms with Crippen molar-refractivity contribution in [3.63, 3.8) is 0 Å². The fourth-order valence-corrected chi connectivity index (χ4v) is 1.59. The van der Waals surface area contributed by atoms with Crippen LogP contribution in [0.4, 0.5) is 17.6 Å². The van der Waals surface area contributed by atoms with Crippen molar-refractivity contribution >= 4 is 23.3 Å². The van der Waals surface area contributed by atoms with Crippen LogP contribution in [0.3, 0.4) is 0 Å². The molecule has 1 heterocycles. The zero-order chi connectivity index (χ0) is 11.9. The first-order valence-electron chi connectivity index (χ1n) is 4.49. The third-order valence-corrected chi connectivity index (χ3v) is 2.37. The SMILES string of the molecule is Cl.NC(c1c[nH]c2cccc(F)c12)C(F)(F)F. The fraction of sp³-hybridized carbons (Fsp3) is 0.200. The van der Waals surface area contributed by atoms with Crippen molar-refractivity contribution < 1.29 is 17.6 Å². The summed E-state index contributed by atoms with van der Waals surface area (Å²) in [5.74, 6) is -0.714. The summed E-state index contributed by atoms with van der Waals surface area (Å²) in [4.78, 5) is 2.56. The Labute approximate surface area is 100 Å². The number of alkyl halides is 3. The minimum absolute atomic E-state index is 0. The summed E-state index contributed by atoms with van der Waals surface area (Å²) in [6.07, 6.45) is -3.50. The van der Waals surface area contributed by atoms with Crippen LogP contribution in [0.15, 0.2) is 24.4 Å². The molecule has 1 unspecified atom stereocenters. The molecular formula is C10H9ClF4N2. The quantitative estimate of drug-likeness (QED) is 0.766. The molecule has 1 atom stereocenters. The van der Waals surface area contributed by atoms with Gasteiger partial charge in [-0.1, -0.05) is 6.07 Å². The van der Waals surface area contributed by atoms with Gasteiger partial charge >= 0.3 is 6.18 Å². The highest BCUT2D eigenvalue weighted by molar-refractivity contribution is 5.85. The van der Waals surface area contributed by atoms with Crippen LogP contribution in [-0.4, -0.2) is 11.2 Å². The molecular weight excluding hydrogens is 260 g/mol. The summed E-state index contributed by atoms with van der Waals surface area (Å²) in [5.41, 5.74) is 5.06. The van der Waals surface area contributed by atoms with Crippen molar-refractivity contribution in [1.29, 1.82) is 0 Å². The Hall–Kier alpha value is -1.27. The van der Waals surface area contributed by atoms with E-state index in [1.165, 1.54) is 12.1 Å². The molecule has 7 heteroatoms. The Bertz CT molecular complexity index is 520. The van der Waals surface area contributed by atoms with E-state index in [0.29, 0.717) is 5.52 Å². The zero-order valence-electron chi connectivity index (χ0n) is 8.38. The lowest BCUT2D eigenvalue weighted by atomic mass is 10.1. The van der Waals surface area contributed by atoms with Crippen LogP contribution >= 0.6 is 12.4 Å². The van der Waals surface area contributed by atoms with E-state index in [0.717, 1.165) is 12.3 Å². The molecule has 0 amide bonds. The molecule has 0 bridgehead atoms. The minimum atomic E-state index is -4.59. The number of H-pyrrole nitrogens is 1. The molecule has 0 aliphatic rings. The molecule has 0 radical (unpaired) electrons. The second kappa shape index (κ2) is 4.54. The molecule has 1 aromatic heterocycles. The molecule has 94 valence electrons. The number of benzene rings is 1. The van der Waals surface area contributed by atoms with E-state index in [2.05, 4.69) is 4.98 Å². The van der Waals surface area contributed by atoms with Gasteiger partial charge in [0.05, 0.1) is 0 Å².